The van der Waals surface area contributed by atoms with Gasteiger partial charge in [0.1, 0.15) is 16.9 Å². The van der Waals surface area contributed by atoms with Crippen molar-refractivity contribution in [1.82, 2.24) is 24.7 Å². The van der Waals surface area contributed by atoms with Crippen LogP contribution >= 0.6 is 0 Å². The standard InChI is InChI=1S/C27H29N7O2/c1-4-22-30-17(2)24-25(32-21-12-13-23(36-3)33-26(21)34(22)24)28-14-7-15-29-27(35)31-20-11-10-18-8-5-6-9-19(18)16-20/h5-6,8-13,16H,4,7,14-15H2,1-3H3,(H,28,32)(H2,29,31,35). The first-order valence-electron chi connectivity index (χ1n) is 12.1. The Hall–Kier alpha value is -4.40. The van der Waals surface area contributed by atoms with Gasteiger partial charge in [0.05, 0.1) is 12.8 Å². The topological polar surface area (TPSA) is 105 Å². The molecule has 3 aromatic heterocycles. The van der Waals surface area contributed by atoms with E-state index in [1.807, 2.05) is 55.5 Å². The van der Waals surface area contributed by atoms with E-state index in [0.717, 1.165) is 63.3 Å². The van der Waals surface area contributed by atoms with E-state index in [1.165, 1.54) is 0 Å². The molecule has 9 heteroatoms. The van der Waals surface area contributed by atoms with E-state index in [9.17, 15) is 4.79 Å². The van der Waals surface area contributed by atoms with Gasteiger partial charge in [0.15, 0.2) is 11.5 Å². The van der Waals surface area contributed by atoms with E-state index < -0.39 is 0 Å². The summed E-state index contributed by atoms with van der Waals surface area (Å²) in [7, 11) is 1.60. The molecule has 184 valence electrons. The molecule has 0 aliphatic heterocycles. The number of pyridine rings is 1. The number of methoxy groups -OCH3 is 1. The van der Waals surface area contributed by atoms with Gasteiger partial charge in [-0.15, -0.1) is 0 Å². The number of aryl methyl sites for hydroxylation is 2. The van der Waals surface area contributed by atoms with Crippen molar-refractivity contribution in [3.63, 3.8) is 0 Å². The van der Waals surface area contributed by atoms with E-state index in [2.05, 4.69) is 32.3 Å². The summed E-state index contributed by atoms with van der Waals surface area (Å²) in [6.07, 6.45) is 1.49. The van der Waals surface area contributed by atoms with Gasteiger partial charge >= 0.3 is 6.03 Å². The third-order valence-corrected chi connectivity index (χ3v) is 6.08. The Morgan fingerprint density at radius 3 is 2.64 bits per heavy atom. The molecule has 5 rings (SSSR count). The third-order valence-electron chi connectivity index (χ3n) is 6.08. The second-order valence-corrected chi connectivity index (χ2v) is 8.53. The molecule has 2 amide bonds. The van der Waals surface area contributed by atoms with Crippen LogP contribution in [-0.4, -0.2) is 45.6 Å². The Morgan fingerprint density at radius 2 is 1.83 bits per heavy atom. The number of hydrogen-bond acceptors (Lipinski definition) is 6. The summed E-state index contributed by atoms with van der Waals surface area (Å²) in [5.41, 5.74) is 4.04. The monoisotopic (exact) mass is 483 g/mol. The van der Waals surface area contributed by atoms with Crippen molar-refractivity contribution in [3.8, 4) is 5.88 Å². The number of aromatic nitrogens is 4. The SMILES string of the molecule is CCc1nc(C)c2c(NCCCNC(=O)Nc3ccc4ccccc4c3)nc3ccc(OC)nc3n12. The molecule has 0 radical (unpaired) electrons. The highest BCUT2D eigenvalue weighted by Crippen LogP contribution is 2.27. The number of ether oxygens (including phenoxy) is 1. The van der Waals surface area contributed by atoms with Crippen LogP contribution in [0, 0.1) is 6.92 Å². The number of imidazole rings is 1. The highest BCUT2D eigenvalue weighted by atomic mass is 16.5. The number of hydrogen-bond donors (Lipinski definition) is 3. The highest BCUT2D eigenvalue weighted by Gasteiger charge is 2.17. The van der Waals surface area contributed by atoms with E-state index in [1.54, 1.807) is 13.2 Å². The fourth-order valence-corrected chi connectivity index (χ4v) is 4.36. The molecule has 0 saturated heterocycles. The van der Waals surface area contributed by atoms with E-state index in [-0.39, 0.29) is 6.03 Å². The summed E-state index contributed by atoms with van der Waals surface area (Å²) in [6.45, 7) is 5.21. The molecule has 0 aliphatic rings. The Kier molecular flexibility index (Phi) is 6.53. The fraction of sp³-hybridized carbons (Fsp3) is 0.259. The van der Waals surface area contributed by atoms with Crippen molar-refractivity contribution in [2.45, 2.75) is 26.7 Å². The molecule has 5 aromatic rings. The summed E-state index contributed by atoms with van der Waals surface area (Å²) in [5.74, 6) is 2.21. The van der Waals surface area contributed by atoms with Crippen LogP contribution in [0.1, 0.15) is 24.9 Å². The number of nitrogens with one attached hydrogen (secondary N) is 3. The van der Waals surface area contributed by atoms with Gasteiger partial charge in [-0.05, 0) is 42.3 Å². The van der Waals surface area contributed by atoms with Crippen LogP contribution in [0.4, 0.5) is 16.3 Å². The van der Waals surface area contributed by atoms with E-state index in [0.29, 0.717) is 19.0 Å². The van der Waals surface area contributed by atoms with Gasteiger partial charge in [-0.3, -0.25) is 4.40 Å². The number of benzene rings is 2. The first-order valence-corrected chi connectivity index (χ1v) is 12.1. The zero-order chi connectivity index (χ0) is 25.1. The smallest absolute Gasteiger partial charge is 0.319 e. The van der Waals surface area contributed by atoms with E-state index in [4.69, 9.17) is 14.7 Å². The van der Waals surface area contributed by atoms with Crippen LogP contribution < -0.4 is 20.7 Å². The lowest BCUT2D eigenvalue weighted by Gasteiger charge is -2.12. The maximum Gasteiger partial charge on any atom is 0.319 e. The van der Waals surface area contributed by atoms with Crippen LogP contribution in [0.3, 0.4) is 0 Å². The molecule has 36 heavy (non-hydrogen) atoms. The van der Waals surface area contributed by atoms with Crippen LogP contribution in [0.25, 0.3) is 27.5 Å². The minimum absolute atomic E-state index is 0.226. The first kappa shape index (κ1) is 23.3. The Balaban J connectivity index is 1.23. The molecule has 3 N–H and O–H groups in total. The second-order valence-electron chi connectivity index (χ2n) is 8.53. The molecule has 0 saturated carbocycles. The maximum atomic E-state index is 12.4. The molecule has 0 bridgehead atoms. The summed E-state index contributed by atoms with van der Waals surface area (Å²) in [6, 6.07) is 17.4. The van der Waals surface area contributed by atoms with E-state index >= 15 is 0 Å². The van der Waals surface area contributed by atoms with Crippen molar-refractivity contribution in [3.05, 3.63) is 66.1 Å². The maximum absolute atomic E-state index is 12.4. The van der Waals surface area contributed by atoms with Gasteiger partial charge in [-0.1, -0.05) is 37.3 Å². The molecule has 0 aliphatic carbocycles. The minimum Gasteiger partial charge on any atom is -0.481 e. The Bertz CT molecular complexity index is 1560. The second kappa shape index (κ2) is 10.1. The summed E-state index contributed by atoms with van der Waals surface area (Å²) < 4.78 is 7.37. The highest BCUT2D eigenvalue weighted by molar-refractivity contribution is 5.93. The number of carbonyl (C=O) groups excluding carboxylic acids is 1. The lowest BCUT2D eigenvalue weighted by atomic mass is 10.1. The fourth-order valence-electron chi connectivity index (χ4n) is 4.36. The average molecular weight is 484 g/mol. The van der Waals surface area contributed by atoms with Gasteiger partial charge in [0, 0.05) is 31.3 Å². The van der Waals surface area contributed by atoms with Gasteiger partial charge in [0.25, 0.3) is 0 Å². The van der Waals surface area contributed by atoms with Crippen molar-refractivity contribution < 1.29 is 9.53 Å². The van der Waals surface area contributed by atoms with Crippen LogP contribution in [-0.2, 0) is 6.42 Å². The van der Waals surface area contributed by atoms with Crippen LogP contribution in [0.2, 0.25) is 0 Å². The Morgan fingerprint density at radius 1 is 1.00 bits per heavy atom. The molecule has 3 heterocycles. The number of rotatable bonds is 8. The van der Waals surface area contributed by atoms with Gasteiger partial charge < -0.3 is 20.7 Å². The largest absolute Gasteiger partial charge is 0.481 e. The van der Waals surface area contributed by atoms with Crippen molar-refractivity contribution in [1.29, 1.82) is 0 Å². The molecule has 0 spiro atoms. The number of anilines is 2. The lowest BCUT2D eigenvalue weighted by Crippen LogP contribution is -2.30. The van der Waals surface area contributed by atoms with Gasteiger partial charge in [-0.25, -0.2) is 14.8 Å². The van der Waals surface area contributed by atoms with Crippen molar-refractivity contribution in [2.24, 2.45) is 0 Å². The quantitative estimate of drug-likeness (QED) is 0.270. The average Bonchev–Trinajstić information content (AvgIpc) is 3.25. The number of fused-ring (bicyclic) bond motifs is 4. The van der Waals surface area contributed by atoms with Crippen molar-refractivity contribution in [2.75, 3.05) is 30.8 Å². The lowest BCUT2D eigenvalue weighted by molar-refractivity contribution is 0.252. The van der Waals surface area contributed by atoms with Gasteiger partial charge in [0.2, 0.25) is 5.88 Å². The minimum atomic E-state index is -0.226. The summed E-state index contributed by atoms with van der Waals surface area (Å²) >= 11 is 0. The zero-order valence-corrected chi connectivity index (χ0v) is 20.6. The zero-order valence-electron chi connectivity index (χ0n) is 20.6. The number of amides is 2. The molecule has 9 nitrogen and oxygen atoms in total. The van der Waals surface area contributed by atoms with Crippen LogP contribution in [0.15, 0.2) is 54.6 Å². The summed E-state index contributed by atoms with van der Waals surface area (Å²) in [5, 5.41) is 11.5. The third kappa shape index (κ3) is 4.59. The molecule has 0 atom stereocenters. The van der Waals surface area contributed by atoms with Gasteiger partial charge in [-0.2, -0.15) is 4.98 Å². The van der Waals surface area contributed by atoms with Crippen LogP contribution in [0.5, 0.6) is 5.88 Å². The first-order chi connectivity index (χ1) is 17.6. The molecular formula is C27H29N7O2. The molecule has 2 aromatic carbocycles. The molecule has 0 unspecified atom stereocenters. The number of nitrogens with zero attached hydrogens (tertiary/aromatic N) is 4. The molecular weight excluding hydrogens is 454 g/mol. The predicted molar refractivity (Wildman–Crippen MR) is 143 cm³/mol. The normalized spacial score (nSPS) is 11.2. The molecule has 0 fully saturated rings. The predicted octanol–water partition coefficient (Wildman–Crippen LogP) is 4.93. The number of urea groups is 1. The number of carbonyl (C=O) groups is 1. The Labute approximate surface area is 208 Å². The summed E-state index contributed by atoms with van der Waals surface area (Å²) in [4.78, 5) is 26.5. The van der Waals surface area contributed by atoms with Crippen molar-refractivity contribution >= 4 is 45.0 Å².